The molecule has 128 valence electrons. The minimum atomic E-state index is -0.173. The maximum Gasteiger partial charge on any atom is 0.230 e. The Hall–Kier alpha value is -1.59. The summed E-state index contributed by atoms with van der Waals surface area (Å²) in [7, 11) is 0. The van der Waals surface area contributed by atoms with Gasteiger partial charge in [0.2, 0.25) is 5.91 Å². The second-order valence-corrected chi connectivity index (χ2v) is 7.79. The largest absolute Gasteiger partial charge is 0.302 e. The van der Waals surface area contributed by atoms with Crippen molar-refractivity contribution >= 4 is 57.2 Å². The third-order valence-corrected chi connectivity index (χ3v) is 5.17. The van der Waals surface area contributed by atoms with Crippen LogP contribution in [0.1, 0.15) is 16.0 Å². The molecular formula is C18H13Cl3N2OS. The number of carbonyl (C=O) groups is 1. The Labute approximate surface area is 164 Å². The molecule has 0 saturated carbocycles. The molecule has 0 aliphatic rings. The van der Waals surface area contributed by atoms with Crippen LogP contribution in [-0.4, -0.2) is 10.9 Å². The lowest BCUT2D eigenvalue weighted by Gasteiger charge is -2.04. The number of nitrogens with zero attached hydrogens (tertiary/aromatic N) is 1. The number of anilines is 1. The smallest absolute Gasteiger partial charge is 0.230 e. The molecule has 3 rings (SSSR count). The quantitative estimate of drug-likeness (QED) is 0.570. The Morgan fingerprint density at radius 1 is 1.08 bits per heavy atom. The first-order valence-corrected chi connectivity index (χ1v) is 9.37. The van der Waals surface area contributed by atoms with E-state index < -0.39 is 0 Å². The van der Waals surface area contributed by atoms with E-state index in [9.17, 15) is 4.79 Å². The van der Waals surface area contributed by atoms with Crippen LogP contribution in [0, 0.1) is 0 Å². The van der Waals surface area contributed by atoms with E-state index in [4.69, 9.17) is 34.8 Å². The average Bonchev–Trinajstić information content (AvgIpc) is 2.97. The van der Waals surface area contributed by atoms with Crippen LogP contribution in [0.3, 0.4) is 0 Å². The number of halogens is 3. The Morgan fingerprint density at radius 3 is 2.64 bits per heavy atom. The van der Waals surface area contributed by atoms with Crippen molar-refractivity contribution in [1.82, 2.24) is 4.98 Å². The van der Waals surface area contributed by atoms with Gasteiger partial charge in [-0.2, -0.15) is 0 Å². The first-order valence-electron chi connectivity index (χ1n) is 7.42. The highest BCUT2D eigenvalue weighted by atomic mass is 35.5. The fourth-order valence-electron chi connectivity index (χ4n) is 2.30. The molecule has 25 heavy (non-hydrogen) atoms. The highest BCUT2D eigenvalue weighted by Gasteiger charge is 2.11. The van der Waals surface area contributed by atoms with Gasteiger partial charge in [0, 0.05) is 32.6 Å². The molecule has 0 bridgehead atoms. The van der Waals surface area contributed by atoms with E-state index >= 15 is 0 Å². The molecule has 7 heteroatoms. The van der Waals surface area contributed by atoms with Gasteiger partial charge in [0.25, 0.3) is 0 Å². The van der Waals surface area contributed by atoms with Crippen molar-refractivity contribution in [2.75, 3.05) is 5.32 Å². The molecule has 0 fully saturated rings. The summed E-state index contributed by atoms with van der Waals surface area (Å²) in [6.07, 6.45) is 2.65. The lowest BCUT2D eigenvalue weighted by atomic mass is 10.1. The second kappa shape index (κ2) is 8.19. The van der Waals surface area contributed by atoms with E-state index in [0.29, 0.717) is 20.2 Å². The van der Waals surface area contributed by atoms with Gasteiger partial charge in [-0.25, -0.2) is 4.98 Å². The number of carbonyl (C=O) groups excluding carboxylic acids is 1. The topological polar surface area (TPSA) is 42.0 Å². The molecular weight excluding hydrogens is 399 g/mol. The number of rotatable bonds is 5. The van der Waals surface area contributed by atoms with Gasteiger partial charge in [-0.3, -0.25) is 4.79 Å². The SMILES string of the molecule is O=C(Cc1ccc(Cl)cc1Cl)Nc1ncc(Cc2cccc(Cl)c2)s1. The Bertz CT molecular complexity index is 911. The third kappa shape index (κ3) is 5.19. The van der Waals surface area contributed by atoms with Crippen LogP contribution in [0.25, 0.3) is 0 Å². The normalized spacial score (nSPS) is 10.7. The summed E-state index contributed by atoms with van der Waals surface area (Å²) in [6.45, 7) is 0. The van der Waals surface area contributed by atoms with Gasteiger partial charge in [0.15, 0.2) is 5.13 Å². The van der Waals surface area contributed by atoms with Crippen LogP contribution in [0.5, 0.6) is 0 Å². The lowest BCUT2D eigenvalue weighted by Crippen LogP contribution is -2.14. The number of benzene rings is 2. The molecule has 1 aromatic heterocycles. The second-order valence-electron chi connectivity index (χ2n) is 5.40. The van der Waals surface area contributed by atoms with Crippen LogP contribution in [0.2, 0.25) is 15.1 Å². The number of nitrogens with one attached hydrogen (secondary N) is 1. The fraction of sp³-hybridized carbons (Fsp3) is 0.111. The van der Waals surface area contributed by atoms with E-state index in [1.54, 1.807) is 24.4 Å². The average molecular weight is 412 g/mol. The molecule has 0 atom stereocenters. The van der Waals surface area contributed by atoms with Crippen LogP contribution in [0.4, 0.5) is 5.13 Å². The minimum Gasteiger partial charge on any atom is -0.302 e. The molecule has 0 radical (unpaired) electrons. The van der Waals surface area contributed by atoms with Gasteiger partial charge in [0.1, 0.15) is 0 Å². The van der Waals surface area contributed by atoms with E-state index in [-0.39, 0.29) is 12.3 Å². The number of aromatic nitrogens is 1. The summed E-state index contributed by atoms with van der Waals surface area (Å²) >= 11 is 19.4. The molecule has 3 nitrogen and oxygen atoms in total. The number of thiazole rings is 1. The Morgan fingerprint density at radius 2 is 1.88 bits per heavy atom. The minimum absolute atomic E-state index is 0.166. The van der Waals surface area contributed by atoms with Crippen LogP contribution in [0.15, 0.2) is 48.7 Å². The fourth-order valence-corrected chi connectivity index (χ4v) is 3.85. The van der Waals surface area contributed by atoms with E-state index in [0.717, 1.165) is 22.4 Å². The monoisotopic (exact) mass is 410 g/mol. The molecule has 0 spiro atoms. The molecule has 0 saturated heterocycles. The van der Waals surface area contributed by atoms with Gasteiger partial charge < -0.3 is 5.32 Å². The summed E-state index contributed by atoms with van der Waals surface area (Å²) in [5, 5.41) is 5.08. The molecule has 1 amide bonds. The van der Waals surface area contributed by atoms with Gasteiger partial charge in [0.05, 0.1) is 6.42 Å². The van der Waals surface area contributed by atoms with Crippen molar-refractivity contribution in [2.45, 2.75) is 12.8 Å². The van der Waals surface area contributed by atoms with Crippen LogP contribution >= 0.6 is 46.1 Å². The summed E-state index contributed by atoms with van der Waals surface area (Å²) in [5.74, 6) is -0.173. The van der Waals surface area contributed by atoms with Crippen molar-refractivity contribution in [2.24, 2.45) is 0 Å². The van der Waals surface area contributed by atoms with Gasteiger partial charge >= 0.3 is 0 Å². The van der Waals surface area contributed by atoms with Crippen LogP contribution < -0.4 is 5.32 Å². The molecule has 3 aromatic rings. The maximum atomic E-state index is 12.2. The van der Waals surface area contributed by atoms with Gasteiger partial charge in [-0.05, 0) is 35.4 Å². The van der Waals surface area contributed by atoms with Gasteiger partial charge in [-0.15, -0.1) is 11.3 Å². The Balaban J connectivity index is 1.61. The summed E-state index contributed by atoms with van der Waals surface area (Å²) < 4.78 is 0. The zero-order valence-electron chi connectivity index (χ0n) is 12.9. The third-order valence-electron chi connectivity index (χ3n) is 3.43. The Kier molecular flexibility index (Phi) is 5.97. The lowest BCUT2D eigenvalue weighted by molar-refractivity contribution is -0.115. The van der Waals surface area contributed by atoms with Crippen molar-refractivity contribution in [1.29, 1.82) is 0 Å². The summed E-state index contributed by atoms with van der Waals surface area (Å²) in [5.41, 5.74) is 1.82. The van der Waals surface area contributed by atoms with Crippen molar-refractivity contribution < 1.29 is 4.79 Å². The molecule has 2 aromatic carbocycles. The molecule has 1 heterocycles. The van der Waals surface area contributed by atoms with E-state index in [1.807, 2.05) is 24.3 Å². The first-order chi connectivity index (χ1) is 12.0. The van der Waals surface area contributed by atoms with E-state index in [2.05, 4.69) is 10.3 Å². The number of amides is 1. The standard InChI is InChI=1S/C18H13Cl3N2OS/c19-13-3-1-2-11(6-13)7-15-10-22-18(25-15)23-17(24)8-12-4-5-14(20)9-16(12)21/h1-6,9-10H,7-8H2,(H,22,23,24). The predicted octanol–water partition coefficient (Wildman–Crippen LogP) is 5.88. The highest BCUT2D eigenvalue weighted by Crippen LogP contribution is 2.24. The zero-order chi connectivity index (χ0) is 17.8. The van der Waals surface area contributed by atoms with Crippen molar-refractivity contribution in [3.05, 3.63) is 79.7 Å². The summed E-state index contributed by atoms with van der Waals surface area (Å²) in [4.78, 5) is 17.5. The highest BCUT2D eigenvalue weighted by molar-refractivity contribution is 7.15. The number of hydrogen-bond acceptors (Lipinski definition) is 3. The number of hydrogen-bond donors (Lipinski definition) is 1. The summed E-state index contributed by atoms with van der Waals surface area (Å²) in [6, 6.07) is 12.8. The molecule has 1 N–H and O–H groups in total. The van der Waals surface area contributed by atoms with E-state index in [1.165, 1.54) is 11.3 Å². The zero-order valence-corrected chi connectivity index (χ0v) is 16.0. The molecule has 0 aliphatic carbocycles. The molecule has 0 unspecified atom stereocenters. The van der Waals surface area contributed by atoms with Crippen LogP contribution in [-0.2, 0) is 17.6 Å². The predicted molar refractivity (Wildman–Crippen MR) is 105 cm³/mol. The maximum absolute atomic E-state index is 12.2. The van der Waals surface area contributed by atoms with Crippen molar-refractivity contribution in [3.8, 4) is 0 Å². The van der Waals surface area contributed by atoms with Gasteiger partial charge in [-0.1, -0.05) is 53.0 Å². The molecule has 0 aliphatic heterocycles. The first kappa shape index (κ1) is 18.2. The van der Waals surface area contributed by atoms with Crippen molar-refractivity contribution in [3.63, 3.8) is 0 Å².